The zero-order valence-electron chi connectivity index (χ0n) is 13.0. The average molecular weight is 308 g/mol. The Balaban J connectivity index is 2.18. The number of nitrogens with one attached hydrogen (secondary N) is 2. The standard InChI is InChI=1S/C14H27F3N4/c1-12(11-21-8-4-3-5-9-21)10-20-13(18-2)19-7-6-14(15,16)17/h12H,3-11H2,1-2H3,(H2,18,19,20). The normalized spacial score (nSPS) is 19.4. The minimum Gasteiger partial charge on any atom is -0.356 e. The first-order chi connectivity index (χ1) is 9.90. The summed E-state index contributed by atoms with van der Waals surface area (Å²) in [6.45, 7) is 6.04. The van der Waals surface area contributed by atoms with E-state index in [1.807, 2.05) is 0 Å². The molecule has 0 amide bonds. The van der Waals surface area contributed by atoms with E-state index in [1.165, 1.54) is 19.3 Å². The number of aliphatic imine (C=N–C) groups is 1. The fraction of sp³-hybridized carbons (Fsp3) is 0.929. The summed E-state index contributed by atoms with van der Waals surface area (Å²) in [4.78, 5) is 6.39. The van der Waals surface area contributed by atoms with Crippen molar-refractivity contribution in [2.24, 2.45) is 10.9 Å². The molecule has 1 fully saturated rings. The summed E-state index contributed by atoms with van der Waals surface area (Å²) >= 11 is 0. The van der Waals surface area contributed by atoms with Crippen LogP contribution in [-0.2, 0) is 0 Å². The molecule has 0 saturated carbocycles. The fourth-order valence-corrected chi connectivity index (χ4v) is 2.46. The number of rotatable bonds is 6. The molecule has 1 saturated heterocycles. The molecule has 4 nitrogen and oxygen atoms in total. The lowest BCUT2D eigenvalue weighted by Crippen LogP contribution is -2.43. The summed E-state index contributed by atoms with van der Waals surface area (Å²) in [7, 11) is 1.57. The molecule has 0 radical (unpaired) electrons. The second kappa shape index (κ2) is 9.12. The molecule has 21 heavy (non-hydrogen) atoms. The van der Waals surface area contributed by atoms with E-state index < -0.39 is 12.6 Å². The third-order valence-electron chi connectivity index (χ3n) is 3.56. The minimum absolute atomic E-state index is 0.149. The molecule has 1 atom stereocenters. The minimum atomic E-state index is -4.13. The van der Waals surface area contributed by atoms with Crippen molar-refractivity contribution in [2.75, 3.05) is 39.8 Å². The maximum absolute atomic E-state index is 12.1. The average Bonchev–Trinajstić information content (AvgIpc) is 2.42. The number of piperidine rings is 1. The van der Waals surface area contributed by atoms with Crippen molar-refractivity contribution < 1.29 is 13.2 Å². The van der Waals surface area contributed by atoms with Crippen molar-refractivity contribution in [3.8, 4) is 0 Å². The van der Waals surface area contributed by atoms with Gasteiger partial charge in [-0.15, -0.1) is 0 Å². The van der Waals surface area contributed by atoms with Gasteiger partial charge in [-0.2, -0.15) is 13.2 Å². The lowest BCUT2D eigenvalue weighted by molar-refractivity contribution is -0.132. The number of halogens is 3. The van der Waals surface area contributed by atoms with Gasteiger partial charge in [0, 0.05) is 26.7 Å². The maximum Gasteiger partial charge on any atom is 0.390 e. The molecular weight excluding hydrogens is 281 g/mol. The molecule has 0 aromatic carbocycles. The highest BCUT2D eigenvalue weighted by Gasteiger charge is 2.26. The van der Waals surface area contributed by atoms with Crippen molar-refractivity contribution >= 4 is 5.96 Å². The number of likely N-dealkylation sites (tertiary alicyclic amines) is 1. The zero-order valence-corrected chi connectivity index (χ0v) is 13.0. The Morgan fingerprint density at radius 1 is 1.19 bits per heavy atom. The van der Waals surface area contributed by atoms with Crippen LogP contribution < -0.4 is 10.6 Å². The Kier molecular flexibility index (Phi) is 7.85. The van der Waals surface area contributed by atoms with Crippen LogP contribution in [-0.4, -0.2) is 56.8 Å². The number of alkyl halides is 3. The van der Waals surface area contributed by atoms with Crippen LogP contribution in [0.5, 0.6) is 0 Å². The summed E-state index contributed by atoms with van der Waals surface area (Å²) in [6.07, 6.45) is -1.13. The Bertz CT molecular complexity index is 312. The topological polar surface area (TPSA) is 39.7 Å². The third-order valence-corrected chi connectivity index (χ3v) is 3.56. The first-order valence-electron chi connectivity index (χ1n) is 7.64. The first-order valence-corrected chi connectivity index (χ1v) is 7.64. The lowest BCUT2D eigenvalue weighted by Gasteiger charge is -2.29. The molecule has 1 unspecified atom stereocenters. The predicted octanol–water partition coefficient (Wildman–Crippen LogP) is 2.23. The van der Waals surface area contributed by atoms with E-state index in [0.717, 1.165) is 19.6 Å². The van der Waals surface area contributed by atoms with Gasteiger partial charge in [0.15, 0.2) is 5.96 Å². The molecule has 2 N–H and O–H groups in total. The fourth-order valence-electron chi connectivity index (χ4n) is 2.46. The van der Waals surface area contributed by atoms with E-state index in [2.05, 4.69) is 27.4 Å². The Morgan fingerprint density at radius 3 is 2.43 bits per heavy atom. The van der Waals surface area contributed by atoms with Crippen LogP contribution in [0.15, 0.2) is 4.99 Å². The Hall–Kier alpha value is -0.980. The van der Waals surface area contributed by atoms with Crippen molar-refractivity contribution in [3.63, 3.8) is 0 Å². The molecule has 0 aromatic heterocycles. The van der Waals surface area contributed by atoms with Gasteiger partial charge in [-0.1, -0.05) is 13.3 Å². The van der Waals surface area contributed by atoms with Gasteiger partial charge in [0.2, 0.25) is 0 Å². The largest absolute Gasteiger partial charge is 0.390 e. The molecule has 1 aliphatic rings. The molecule has 124 valence electrons. The number of guanidine groups is 1. The summed E-state index contributed by atoms with van der Waals surface area (Å²) in [5.74, 6) is 0.869. The van der Waals surface area contributed by atoms with Crippen LogP contribution in [0.1, 0.15) is 32.6 Å². The monoisotopic (exact) mass is 308 g/mol. The van der Waals surface area contributed by atoms with Gasteiger partial charge < -0.3 is 15.5 Å². The molecule has 0 spiro atoms. The van der Waals surface area contributed by atoms with Crippen LogP contribution in [0, 0.1) is 5.92 Å². The highest BCUT2D eigenvalue weighted by molar-refractivity contribution is 5.79. The molecule has 1 aliphatic heterocycles. The molecule has 1 heterocycles. The van der Waals surface area contributed by atoms with Crippen LogP contribution in [0.3, 0.4) is 0 Å². The van der Waals surface area contributed by atoms with Gasteiger partial charge in [0.1, 0.15) is 0 Å². The van der Waals surface area contributed by atoms with Crippen molar-refractivity contribution in [3.05, 3.63) is 0 Å². The van der Waals surface area contributed by atoms with E-state index >= 15 is 0 Å². The molecule has 1 rings (SSSR count). The van der Waals surface area contributed by atoms with Gasteiger partial charge in [0.25, 0.3) is 0 Å². The van der Waals surface area contributed by atoms with Crippen LogP contribution in [0.4, 0.5) is 13.2 Å². The van der Waals surface area contributed by atoms with Gasteiger partial charge in [0.05, 0.1) is 6.42 Å². The first kappa shape index (κ1) is 18.1. The van der Waals surface area contributed by atoms with Crippen LogP contribution in [0.2, 0.25) is 0 Å². The zero-order chi connectivity index (χ0) is 15.7. The Labute approximate surface area is 125 Å². The van der Waals surface area contributed by atoms with Crippen molar-refractivity contribution in [1.82, 2.24) is 15.5 Å². The highest BCUT2D eigenvalue weighted by atomic mass is 19.4. The SMILES string of the molecule is CN=C(NCCC(F)(F)F)NCC(C)CN1CCCCC1. The second-order valence-corrected chi connectivity index (χ2v) is 5.71. The third kappa shape index (κ3) is 8.80. The maximum atomic E-state index is 12.1. The molecular formula is C14H27F3N4. The van der Waals surface area contributed by atoms with E-state index in [9.17, 15) is 13.2 Å². The van der Waals surface area contributed by atoms with E-state index in [4.69, 9.17) is 0 Å². The predicted molar refractivity (Wildman–Crippen MR) is 79.5 cm³/mol. The smallest absolute Gasteiger partial charge is 0.356 e. The van der Waals surface area contributed by atoms with Gasteiger partial charge >= 0.3 is 6.18 Å². The number of hydrogen-bond donors (Lipinski definition) is 2. The molecule has 0 aliphatic carbocycles. The van der Waals surface area contributed by atoms with Crippen LogP contribution in [0.25, 0.3) is 0 Å². The molecule has 7 heteroatoms. The van der Waals surface area contributed by atoms with E-state index in [0.29, 0.717) is 18.4 Å². The number of hydrogen-bond acceptors (Lipinski definition) is 2. The van der Waals surface area contributed by atoms with Gasteiger partial charge in [-0.05, 0) is 31.8 Å². The quantitative estimate of drug-likeness (QED) is 0.584. The Morgan fingerprint density at radius 2 is 1.86 bits per heavy atom. The summed E-state index contributed by atoms with van der Waals surface area (Å²) in [5.41, 5.74) is 0. The number of nitrogens with zero attached hydrogens (tertiary/aromatic N) is 2. The van der Waals surface area contributed by atoms with Gasteiger partial charge in [-0.3, -0.25) is 4.99 Å². The molecule has 0 bridgehead atoms. The summed E-state index contributed by atoms with van der Waals surface area (Å²) in [5, 5.41) is 5.78. The highest BCUT2D eigenvalue weighted by Crippen LogP contribution is 2.18. The summed E-state index contributed by atoms with van der Waals surface area (Å²) in [6, 6.07) is 0. The van der Waals surface area contributed by atoms with Gasteiger partial charge in [-0.25, -0.2) is 0 Å². The lowest BCUT2D eigenvalue weighted by atomic mass is 10.1. The van der Waals surface area contributed by atoms with Crippen molar-refractivity contribution in [2.45, 2.75) is 38.8 Å². The van der Waals surface area contributed by atoms with Crippen LogP contribution >= 0.6 is 0 Å². The van der Waals surface area contributed by atoms with E-state index in [-0.39, 0.29) is 6.54 Å². The molecule has 0 aromatic rings. The van der Waals surface area contributed by atoms with Crippen molar-refractivity contribution in [1.29, 1.82) is 0 Å². The van der Waals surface area contributed by atoms with E-state index in [1.54, 1.807) is 7.05 Å². The second-order valence-electron chi connectivity index (χ2n) is 5.71. The summed E-state index contributed by atoms with van der Waals surface area (Å²) < 4.78 is 36.2.